The molecular weight excluding hydrogens is 528 g/mol. The van der Waals surface area contributed by atoms with Crippen LogP contribution in [0.2, 0.25) is 25.7 Å². The highest BCUT2D eigenvalue weighted by Gasteiger charge is 2.14. The summed E-state index contributed by atoms with van der Waals surface area (Å²) in [5.41, 5.74) is 11.3. The zero-order chi connectivity index (χ0) is 26.0. The standard InChI is InChI=1S/C17H21N3O2Si.C11H9N3.CH4.ClH/c1-23(2,3)9-8-22-17(21)19-12-4-5-13-14-6-7-18-11-16(14)20-15(13)10-12;12-7-1-2-8-9-3-4-13-6-11(9)14-10(8)5-7;;/h4-7,10-11,20H,8-9H2,1-3H3,(H,19,21);1-6,14H,12H2;1H4;1H. The van der Waals surface area contributed by atoms with E-state index in [-0.39, 0.29) is 19.8 Å². The maximum absolute atomic E-state index is 11.9. The second-order valence-electron chi connectivity index (χ2n) is 10.2. The molecule has 0 aliphatic rings. The Hall–Kier alpha value is -4.08. The minimum atomic E-state index is -1.19. The van der Waals surface area contributed by atoms with E-state index in [2.05, 4.69) is 44.9 Å². The highest BCUT2D eigenvalue weighted by molar-refractivity contribution is 6.76. The van der Waals surface area contributed by atoms with Crippen molar-refractivity contribution in [3.63, 3.8) is 0 Å². The van der Waals surface area contributed by atoms with Gasteiger partial charge in [-0.15, -0.1) is 12.4 Å². The van der Waals surface area contributed by atoms with Gasteiger partial charge >= 0.3 is 6.09 Å². The number of nitrogens with two attached hydrogens (primary N) is 1. The predicted molar refractivity (Wildman–Crippen MR) is 169 cm³/mol. The maximum Gasteiger partial charge on any atom is 0.411 e. The molecule has 0 saturated carbocycles. The number of benzene rings is 2. The van der Waals surface area contributed by atoms with E-state index in [0.29, 0.717) is 6.61 Å². The molecule has 6 aromatic rings. The summed E-state index contributed by atoms with van der Waals surface area (Å²) in [7, 11) is -1.19. The van der Waals surface area contributed by atoms with Crippen LogP contribution in [0.4, 0.5) is 16.2 Å². The van der Waals surface area contributed by atoms with Crippen molar-refractivity contribution in [1.82, 2.24) is 19.9 Å². The van der Waals surface area contributed by atoms with Crippen LogP contribution in [0.1, 0.15) is 7.43 Å². The fourth-order valence-corrected chi connectivity index (χ4v) is 4.93. The van der Waals surface area contributed by atoms with Gasteiger partial charge in [0.05, 0.1) is 30.0 Å². The van der Waals surface area contributed by atoms with Crippen molar-refractivity contribution in [3.05, 3.63) is 73.3 Å². The van der Waals surface area contributed by atoms with Gasteiger partial charge in [-0.1, -0.05) is 39.2 Å². The lowest BCUT2D eigenvalue weighted by atomic mass is 10.2. The van der Waals surface area contributed by atoms with Gasteiger partial charge in [-0.05, 0) is 42.4 Å². The van der Waals surface area contributed by atoms with Crippen LogP contribution in [0, 0.1) is 0 Å². The molecule has 2 aromatic carbocycles. The summed E-state index contributed by atoms with van der Waals surface area (Å²) in [5, 5.41) is 7.40. The zero-order valence-corrected chi connectivity index (χ0v) is 23.4. The van der Waals surface area contributed by atoms with E-state index >= 15 is 0 Å². The monoisotopic (exact) mass is 562 g/mol. The Kier molecular flexibility index (Phi) is 9.21. The van der Waals surface area contributed by atoms with Crippen molar-refractivity contribution in [1.29, 1.82) is 0 Å². The summed E-state index contributed by atoms with van der Waals surface area (Å²) in [6, 6.07) is 16.6. The third-order valence-corrected chi connectivity index (χ3v) is 7.86. The van der Waals surface area contributed by atoms with Gasteiger partial charge in [-0.25, -0.2) is 4.79 Å². The van der Waals surface area contributed by atoms with Gasteiger partial charge < -0.3 is 20.4 Å². The number of hydrogen-bond donors (Lipinski definition) is 4. The highest BCUT2D eigenvalue weighted by atomic mass is 35.5. The molecule has 10 heteroatoms. The number of nitrogen functional groups attached to an aromatic ring is 1. The lowest BCUT2D eigenvalue weighted by Gasteiger charge is -2.15. The molecule has 0 spiro atoms. The predicted octanol–water partition coefficient (Wildman–Crippen LogP) is 7.96. The molecule has 6 rings (SSSR count). The number of fused-ring (bicyclic) bond motifs is 6. The number of H-pyrrole nitrogens is 2. The van der Waals surface area contributed by atoms with Crippen LogP contribution in [-0.2, 0) is 4.74 Å². The number of anilines is 2. The number of rotatable bonds is 4. The summed E-state index contributed by atoms with van der Waals surface area (Å²) >= 11 is 0. The number of ether oxygens (including phenoxy) is 1. The number of carbonyl (C=O) groups is 1. The van der Waals surface area contributed by atoms with E-state index in [4.69, 9.17) is 10.5 Å². The van der Waals surface area contributed by atoms with Gasteiger partial charge in [0.15, 0.2) is 0 Å². The summed E-state index contributed by atoms with van der Waals surface area (Å²) in [5.74, 6) is 0. The molecule has 4 aromatic heterocycles. The molecule has 4 heterocycles. The van der Waals surface area contributed by atoms with E-state index < -0.39 is 14.2 Å². The number of hydrogen-bond acceptors (Lipinski definition) is 5. The first-order valence-electron chi connectivity index (χ1n) is 12.2. The van der Waals surface area contributed by atoms with Gasteiger partial charge in [0.1, 0.15) is 0 Å². The fourth-order valence-electron chi connectivity index (χ4n) is 4.21. The number of nitrogens with zero attached hydrogens (tertiary/aromatic N) is 2. The van der Waals surface area contributed by atoms with Gasteiger partial charge in [0, 0.05) is 64.4 Å². The Morgan fingerprint density at radius 2 is 1.38 bits per heavy atom. The van der Waals surface area contributed by atoms with Crippen molar-refractivity contribution < 1.29 is 9.53 Å². The van der Waals surface area contributed by atoms with Crippen molar-refractivity contribution in [2.75, 3.05) is 17.7 Å². The van der Waals surface area contributed by atoms with Crippen molar-refractivity contribution in [3.8, 4) is 0 Å². The first kappa shape index (κ1) is 29.5. The van der Waals surface area contributed by atoms with Crippen LogP contribution in [0.15, 0.2) is 73.3 Å². The molecule has 0 unspecified atom stereocenters. The Labute approximate surface area is 234 Å². The number of pyridine rings is 2. The van der Waals surface area contributed by atoms with Gasteiger partial charge in [-0.3, -0.25) is 15.3 Å². The summed E-state index contributed by atoms with van der Waals surface area (Å²) < 4.78 is 5.26. The van der Waals surface area contributed by atoms with E-state index in [1.165, 1.54) is 10.8 Å². The number of aromatic nitrogens is 4. The van der Waals surface area contributed by atoms with Crippen molar-refractivity contribution in [2.45, 2.75) is 33.1 Å². The fraction of sp³-hybridized carbons (Fsp3) is 0.207. The molecule has 8 nitrogen and oxygen atoms in total. The van der Waals surface area contributed by atoms with Gasteiger partial charge in [0.25, 0.3) is 0 Å². The lowest BCUT2D eigenvalue weighted by molar-refractivity contribution is 0.167. The molecule has 5 N–H and O–H groups in total. The molecule has 0 aliphatic heterocycles. The summed E-state index contributed by atoms with van der Waals surface area (Å²) in [6.07, 6.45) is 6.79. The molecule has 0 saturated heterocycles. The first-order chi connectivity index (χ1) is 17.8. The average molecular weight is 563 g/mol. The molecule has 0 fully saturated rings. The SMILES string of the molecule is C.C[Si](C)(C)CCOC(=O)Nc1ccc2c(c1)[nH]c1cnccc12.Cl.Nc1ccc2c(c1)[nH]c1cnccc12. The van der Waals surface area contributed by atoms with E-state index in [9.17, 15) is 4.79 Å². The Morgan fingerprint density at radius 1 is 0.846 bits per heavy atom. The summed E-state index contributed by atoms with van der Waals surface area (Å²) in [4.78, 5) is 26.6. The van der Waals surface area contributed by atoms with E-state index in [1.54, 1.807) is 18.6 Å². The smallest absolute Gasteiger partial charge is 0.411 e. The second kappa shape index (κ2) is 12.2. The molecule has 204 valence electrons. The number of aromatic amines is 2. The third-order valence-electron chi connectivity index (χ3n) is 6.16. The van der Waals surface area contributed by atoms with Crippen LogP contribution >= 0.6 is 12.4 Å². The summed E-state index contributed by atoms with van der Waals surface area (Å²) in [6.45, 7) is 7.24. The first-order valence-corrected chi connectivity index (χ1v) is 15.9. The molecule has 39 heavy (non-hydrogen) atoms. The number of nitrogens with one attached hydrogen (secondary N) is 3. The molecule has 0 radical (unpaired) electrons. The van der Waals surface area contributed by atoms with Gasteiger partial charge in [-0.2, -0.15) is 0 Å². The second-order valence-corrected chi connectivity index (χ2v) is 15.9. The maximum atomic E-state index is 11.9. The Balaban J connectivity index is 0.000000226. The minimum Gasteiger partial charge on any atom is -0.450 e. The highest BCUT2D eigenvalue weighted by Crippen LogP contribution is 2.27. The number of halogens is 1. The Bertz CT molecular complexity index is 1720. The van der Waals surface area contributed by atoms with Crippen LogP contribution < -0.4 is 11.1 Å². The van der Waals surface area contributed by atoms with Crippen LogP contribution in [0.3, 0.4) is 0 Å². The van der Waals surface area contributed by atoms with Crippen molar-refractivity contribution in [2.24, 2.45) is 0 Å². The van der Waals surface area contributed by atoms with Crippen molar-refractivity contribution >= 4 is 81.6 Å². The average Bonchev–Trinajstić information content (AvgIpc) is 3.40. The largest absolute Gasteiger partial charge is 0.450 e. The van der Waals surface area contributed by atoms with Crippen LogP contribution in [0.5, 0.6) is 0 Å². The number of amides is 1. The molecule has 0 aliphatic carbocycles. The van der Waals surface area contributed by atoms with E-state index in [0.717, 1.165) is 50.3 Å². The lowest BCUT2D eigenvalue weighted by Crippen LogP contribution is -2.24. The molecular formula is C29H35ClN6O2Si. The van der Waals surface area contributed by atoms with E-state index in [1.807, 2.05) is 54.7 Å². The van der Waals surface area contributed by atoms with Crippen LogP contribution in [0.25, 0.3) is 43.6 Å². The third kappa shape index (κ3) is 6.87. The minimum absolute atomic E-state index is 0. The molecule has 0 bridgehead atoms. The normalized spacial score (nSPS) is 10.9. The topological polar surface area (TPSA) is 122 Å². The molecule has 0 atom stereocenters. The Morgan fingerprint density at radius 3 is 1.97 bits per heavy atom. The van der Waals surface area contributed by atoms with Gasteiger partial charge in [0.2, 0.25) is 0 Å². The molecule has 1 amide bonds. The quantitative estimate of drug-likeness (QED) is 0.128. The van der Waals surface area contributed by atoms with Crippen LogP contribution in [-0.4, -0.2) is 40.7 Å². The zero-order valence-electron chi connectivity index (χ0n) is 21.5. The number of carbonyl (C=O) groups excluding carboxylic acids is 1.